The molecular weight excluding hydrogens is 236 g/mol. The zero-order valence-electron chi connectivity index (χ0n) is 13.7. The van der Waals surface area contributed by atoms with Gasteiger partial charge in [0.1, 0.15) is 0 Å². The van der Waals surface area contributed by atoms with Crippen LogP contribution in [0.15, 0.2) is 0 Å². The summed E-state index contributed by atoms with van der Waals surface area (Å²) in [6.07, 6.45) is 3.70. The number of hydrogen-bond donors (Lipinski definition) is 1. The van der Waals surface area contributed by atoms with Crippen molar-refractivity contribution in [2.45, 2.75) is 65.5 Å². The van der Waals surface area contributed by atoms with Crippen LogP contribution in [-0.4, -0.2) is 49.3 Å². The van der Waals surface area contributed by atoms with Crippen molar-refractivity contribution in [3.05, 3.63) is 0 Å². The van der Waals surface area contributed by atoms with Gasteiger partial charge in [-0.05, 0) is 58.7 Å². The average molecular weight is 270 g/mol. The second-order valence-corrected chi connectivity index (χ2v) is 6.23. The summed E-state index contributed by atoms with van der Waals surface area (Å²) < 4.78 is 5.73. The number of rotatable bonds is 8. The normalized spacial score (nSPS) is 22.7. The van der Waals surface area contributed by atoms with Gasteiger partial charge in [0, 0.05) is 18.2 Å². The maximum Gasteiger partial charge on any atom is 0.0509 e. The van der Waals surface area contributed by atoms with Crippen LogP contribution in [0.2, 0.25) is 0 Å². The molecule has 0 bridgehead atoms. The molecule has 2 unspecified atom stereocenters. The number of nitrogens with zero attached hydrogens (tertiary/aromatic N) is 1. The van der Waals surface area contributed by atoms with E-state index in [0.717, 1.165) is 32.8 Å². The highest BCUT2D eigenvalue weighted by atomic mass is 16.5. The molecule has 114 valence electrons. The third kappa shape index (κ3) is 4.44. The first-order chi connectivity index (χ1) is 9.07. The lowest BCUT2D eigenvalue weighted by Crippen LogP contribution is -2.61. The Morgan fingerprint density at radius 1 is 1.26 bits per heavy atom. The van der Waals surface area contributed by atoms with Gasteiger partial charge in [0.05, 0.1) is 6.61 Å². The zero-order chi connectivity index (χ0) is 14.3. The van der Waals surface area contributed by atoms with Gasteiger partial charge in [0.25, 0.3) is 0 Å². The summed E-state index contributed by atoms with van der Waals surface area (Å²) in [5, 5.41) is 3.81. The van der Waals surface area contributed by atoms with Crippen LogP contribution in [0.5, 0.6) is 0 Å². The van der Waals surface area contributed by atoms with E-state index in [4.69, 9.17) is 4.74 Å². The van der Waals surface area contributed by atoms with E-state index in [2.05, 4.69) is 44.8 Å². The summed E-state index contributed by atoms with van der Waals surface area (Å²) in [7, 11) is 0. The fourth-order valence-corrected chi connectivity index (χ4v) is 3.56. The number of ether oxygens (including phenoxy) is 1. The summed E-state index contributed by atoms with van der Waals surface area (Å²) in [5.41, 5.74) is 0.185. The Hall–Kier alpha value is -0.120. The molecule has 1 fully saturated rings. The van der Waals surface area contributed by atoms with Gasteiger partial charge in [0.2, 0.25) is 0 Å². The van der Waals surface area contributed by atoms with Crippen molar-refractivity contribution in [3.8, 4) is 0 Å². The van der Waals surface area contributed by atoms with Crippen LogP contribution >= 0.6 is 0 Å². The van der Waals surface area contributed by atoms with Crippen molar-refractivity contribution in [1.29, 1.82) is 0 Å². The van der Waals surface area contributed by atoms with Crippen LogP contribution in [-0.2, 0) is 4.74 Å². The number of nitrogens with one attached hydrogen (secondary N) is 1. The lowest BCUT2D eigenvalue weighted by Gasteiger charge is -2.47. The summed E-state index contributed by atoms with van der Waals surface area (Å²) >= 11 is 0. The molecule has 0 aromatic heterocycles. The van der Waals surface area contributed by atoms with Gasteiger partial charge in [-0.2, -0.15) is 0 Å². The lowest BCUT2D eigenvalue weighted by molar-refractivity contribution is -0.00551. The van der Waals surface area contributed by atoms with Crippen LogP contribution in [0, 0.1) is 5.92 Å². The van der Waals surface area contributed by atoms with Crippen molar-refractivity contribution in [2.24, 2.45) is 5.92 Å². The molecule has 0 amide bonds. The standard InChI is InChI=1S/C16H34N2O/c1-6-11-17-15(14-10-9-12-19-13-14)16(4,5)18(7-2)8-3/h14-15,17H,6-13H2,1-5H3. The van der Waals surface area contributed by atoms with E-state index in [0.29, 0.717) is 12.0 Å². The second-order valence-electron chi connectivity index (χ2n) is 6.23. The molecule has 0 aliphatic carbocycles. The molecular formula is C16H34N2O. The van der Waals surface area contributed by atoms with Crippen LogP contribution < -0.4 is 5.32 Å². The van der Waals surface area contributed by atoms with E-state index < -0.39 is 0 Å². The molecule has 1 rings (SSSR count). The fraction of sp³-hybridized carbons (Fsp3) is 1.00. The zero-order valence-corrected chi connectivity index (χ0v) is 13.7. The molecule has 1 aliphatic heterocycles. The van der Waals surface area contributed by atoms with Gasteiger partial charge in [-0.15, -0.1) is 0 Å². The highest BCUT2D eigenvalue weighted by Crippen LogP contribution is 2.29. The molecule has 0 aromatic carbocycles. The predicted octanol–water partition coefficient (Wildman–Crippen LogP) is 2.90. The minimum Gasteiger partial charge on any atom is -0.381 e. The molecule has 0 radical (unpaired) electrons. The molecule has 0 aromatic rings. The van der Waals surface area contributed by atoms with E-state index >= 15 is 0 Å². The fourth-order valence-electron chi connectivity index (χ4n) is 3.56. The minimum atomic E-state index is 0.185. The maximum atomic E-state index is 5.73. The molecule has 1 saturated heterocycles. The smallest absolute Gasteiger partial charge is 0.0509 e. The van der Waals surface area contributed by atoms with Crippen molar-refractivity contribution in [1.82, 2.24) is 10.2 Å². The van der Waals surface area contributed by atoms with Gasteiger partial charge in [-0.25, -0.2) is 0 Å². The summed E-state index contributed by atoms with van der Waals surface area (Å²) in [5.74, 6) is 0.649. The van der Waals surface area contributed by atoms with Crippen LogP contribution in [0.25, 0.3) is 0 Å². The number of likely N-dealkylation sites (N-methyl/N-ethyl adjacent to an activating group) is 1. The first kappa shape index (κ1) is 16.9. The van der Waals surface area contributed by atoms with Gasteiger partial charge in [-0.1, -0.05) is 20.8 Å². The van der Waals surface area contributed by atoms with Gasteiger partial charge < -0.3 is 10.1 Å². The Morgan fingerprint density at radius 3 is 2.42 bits per heavy atom. The Balaban J connectivity index is 2.80. The SMILES string of the molecule is CCCNC(C1CCCOC1)C(C)(C)N(CC)CC. The van der Waals surface area contributed by atoms with E-state index in [-0.39, 0.29) is 5.54 Å². The molecule has 3 heteroatoms. The largest absolute Gasteiger partial charge is 0.381 e. The Bertz CT molecular complexity index is 233. The second kappa shape index (κ2) is 8.23. The third-order valence-electron chi connectivity index (χ3n) is 4.62. The van der Waals surface area contributed by atoms with E-state index in [9.17, 15) is 0 Å². The summed E-state index contributed by atoms with van der Waals surface area (Å²) in [4.78, 5) is 2.58. The highest BCUT2D eigenvalue weighted by Gasteiger charge is 2.39. The predicted molar refractivity (Wildman–Crippen MR) is 82.6 cm³/mol. The first-order valence-corrected chi connectivity index (χ1v) is 8.14. The molecule has 1 N–H and O–H groups in total. The Kier molecular flexibility index (Phi) is 7.33. The van der Waals surface area contributed by atoms with Crippen molar-refractivity contribution in [2.75, 3.05) is 32.8 Å². The minimum absolute atomic E-state index is 0.185. The van der Waals surface area contributed by atoms with E-state index in [1.165, 1.54) is 19.3 Å². The topological polar surface area (TPSA) is 24.5 Å². The molecule has 1 aliphatic rings. The average Bonchev–Trinajstić information content (AvgIpc) is 2.41. The molecule has 1 heterocycles. The van der Waals surface area contributed by atoms with Gasteiger partial charge >= 0.3 is 0 Å². The highest BCUT2D eigenvalue weighted by molar-refractivity contribution is 4.97. The van der Waals surface area contributed by atoms with Crippen LogP contribution in [0.3, 0.4) is 0 Å². The summed E-state index contributed by atoms with van der Waals surface area (Å²) in [6, 6.07) is 0.521. The first-order valence-electron chi connectivity index (χ1n) is 8.14. The third-order valence-corrected chi connectivity index (χ3v) is 4.62. The van der Waals surface area contributed by atoms with E-state index in [1.807, 2.05) is 0 Å². The van der Waals surface area contributed by atoms with Crippen molar-refractivity contribution >= 4 is 0 Å². The molecule has 3 nitrogen and oxygen atoms in total. The van der Waals surface area contributed by atoms with Gasteiger partial charge in [-0.3, -0.25) is 4.90 Å². The number of hydrogen-bond acceptors (Lipinski definition) is 3. The Morgan fingerprint density at radius 2 is 1.95 bits per heavy atom. The van der Waals surface area contributed by atoms with Crippen molar-refractivity contribution < 1.29 is 4.74 Å². The lowest BCUT2D eigenvalue weighted by atomic mass is 9.80. The van der Waals surface area contributed by atoms with E-state index in [1.54, 1.807) is 0 Å². The summed E-state index contributed by atoms with van der Waals surface area (Å²) in [6.45, 7) is 16.7. The quantitative estimate of drug-likeness (QED) is 0.734. The van der Waals surface area contributed by atoms with Crippen LogP contribution in [0.4, 0.5) is 0 Å². The van der Waals surface area contributed by atoms with Crippen molar-refractivity contribution in [3.63, 3.8) is 0 Å². The molecule has 0 spiro atoms. The Labute approximate surface area is 120 Å². The van der Waals surface area contributed by atoms with Crippen LogP contribution in [0.1, 0.15) is 53.9 Å². The van der Waals surface area contributed by atoms with Gasteiger partial charge in [0.15, 0.2) is 0 Å². The molecule has 2 atom stereocenters. The maximum absolute atomic E-state index is 5.73. The monoisotopic (exact) mass is 270 g/mol. The molecule has 19 heavy (non-hydrogen) atoms. The molecule has 0 saturated carbocycles.